The maximum Gasteiger partial charge on any atom is 0.460 e. The number of hydrogen-bond acceptors (Lipinski definition) is 1. The SMILES string of the molecule is CCc1cccc(C(C)(CC(F)(F)C(F)(F)C(F)(F)C(F)(F)C(F)(F)C(F)(F)F)OC)c1. The lowest BCUT2D eigenvalue weighted by Crippen LogP contribution is -2.70. The van der Waals surface area contributed by atoms with Crippen LogP contribution in [0.25, 0.3) is 0 Å². The predicted octanol–water partition coefficient (Wildman–Crippen LogP) is 7.24. The van der Waals surface area contributed by atoms with Crippen molar-refractivity contribution in [2.45, 2.75) is 68.1 Å². The lowest BCUT2D eigenvalue weighted by molar-refractivity contribution is -0.441. The number of hydrogen-bond donors (Lipinski definition) is 0. The van der Waals surface area contributed by atoms with Gasteiger partial charge in [0.2, 0.25) is 0 Å². The van der Waals surface area contributed by atoms with Gasteiger partial charge >= 0.3 is 35.8 Å². The van der Waals surface area contributed by atoms with Crippen LogP contribution in [-0.2, 0) is 16.8 Å². The van der Waals surface area contributed by atoms with E-state index in [0.717, 1.165) is 12.1 Å². The third kappa shape index (κ3) is 4.26. The first-order valence-corrected chi connectivity index (χ1v) is 8.66. The number of methoxy groups -OCH3 is 1. The summed E-state index contributed by atoms with van der Waals surface area (Å²) < 4.78 is 178. The normalized spacial score (nSPS) is 16.8. The quantitative estimate of drug-likeness (QED) is 0.328. The molecule has 0 bridgehead atoms. The zero-order valence-corrected chi connectivity index (χ0v) is 16.5. The Bertz CT molecular complexity index is 800. The predicted molar refractivity (Wildman–Crippen MR) is 85.6 cm³/mol. The van der Waals surface area contributed by atoms with Crippen molar-refractivity contribution in [3.8, 4) is 0 Å². The Morgan fingerprint density at radius 2 is 1.19 bits per heavy atom. The van der Waals surface area contributed by atoms with Crippen molar-refractivity contribution in [2.24, 2.45) is 0 Å². The topological polar surface area (TPSA) is 9.23 Å². The van der Waals surface area contributed by atoms with Gasteiger partial charge in [-0.1, -0.05) is 31.2 Å². The van der Waals surface area contributed by atoms with Gasteiger partial charge in [0.05, 0.1) is 12.0 Å². The fourth-order valence-corrected chi connectivity index (χ4v) is 2.75. The standard InChI is InChI=1S/C18H17F13O/c1-4-10-6-5-7-11(8-10)12(2,32-3)9-13(19,20)14(21,22)15(23,24)16(25,26)17(27,28)18(29,30)31/h5-8H,4,9H2,1-3H3. The van der Waals surface area contributed by atoms with Crippen molar-refractivity contribution in [3.05, 3.63) is 35.4 Å². The molecule has 0 aliphatic carbocycles. The van der Waals surface area contributed by atoms with E-state index in [2.05, 4.69) is 0 Å². The van der Waals surface area contributed by atoms with Crippen LogP contribution in [-0.4, -0.2) is 42.9 Å². The molecule has 0 aliphatic rings. The lowest BCUT2D eigenvalue weighted by Gasteiger charge is -2.42. The van der Waals surface area contributed by atoms with E-state index in [1.54, 1.807) is 6.92 Å². The number of halogens is 13. The highest BCUT2D eigenvalue weighted by Gasteiger charge is 2.90. The Hall–Kier alpha value is -1.73. The van der Waals surface area contributed by atoms with Gasteiger partial charge in [0.25, 0.3) is 0 Å². The van der Waals surface area contributed by atoms with Crippen LogP contribution in [0.15, 0.2) is 24.3 Å². The van der Waals surface area contributed by atoms with E-state index in [1.807, 2.05) is 0 Å². The van der Waals surface area contributed by atoms with Crippen LogP contribution in [0.5, 0.6) is 0 Å². The summed E-state index contributed by atoms with van der Waals surface area (Å²) in [5.41, 5.74) is -2.39. The Labute approximate surface area is 173 Å². The van der Waals surface area contributed by atoms with Crippen LogP contribution in [0, 0.1) is 0 Å². The van der Waals surface area contributed by atoms with Gasteiger partial charge in [-0.3, -0.25) is 0 Å². The molecule has 1 aromatic rings. The van der Waals surface area contributed by atoms with Crippen molar-refractivity contribution in [3.63, 3.8) is 0 Å². The molecule has 1 nitrogen and oxygen atoms in total. The van der Waals surface area contributed by atoms with Crippen LogP contribution in [0.1, 0.15) is 31.4 Å². The number of ether oxygens (including phenoxy) is 1. The highest BCUT2D eigenvalue weighted by atomic mass is 19.4. The molecule has 0 amide bonds. The summed E-state index contributed by atoms with van der Waals surface area (Å²) in [4.78, 5) is 0. The monoisotopic (exact) mass is 496 g/mol. The summed E-state index contributed by atoms with van der Waals surface area (Å²) in [5.74, 6) is -37.1. The van der Waals surface area contributed by atoms with Gasteiger partial charge in [-0.25, -0.2) is 0 Å². The number of benzene rings is 1. The van der Waals surface area contributed by atoms with E-state index in [-0.39, 0.29) is 5.56 Å². The van der Waals surface area contributed by atoms with Crippen LogP contribution in [0.3, 0.4) is 0 Å². The fraction of sp³-hybridized carbons (Fsp3) is 0.667. The summed E-state index contributed by atoms with van der Waals surface area (Å²) in [6.07, 6.45) is -9.59. The third-order valence-corrected chi connectivity index (χ3v) is 4.95. The average molecular weight is 496 g/mol. The Morgan fingerprint density at radius 1 is 0.719 bits per heavy atom. The van der Waals surface area contributed by atoms with Gasteiger partial charge in [-0.15, -0.1) is 0 Å². The van der Waals surface area contributed by atoms with Gasteiger partial charge in [0, 0.05) is 7.11 Å². The largest absolute Gasteiger partial charge is 0.460 e. The molecule has 1 unspecified atom stereocenters. The smallest absolute Gasteiger partial charge is 0.374 e. The first-order chi connectivity index (χ1) is 14.1. The summed E-state index contributed by atoms with van der Waals surface area (Å²) in [5, 5.41) is 0. The Balaban J connectivity index is 3.52. The van der Waals surface area contributed by atoms with Gasteiger partial charge in [-0.2, -0.15) is 57.1 Å². The van der Waals surface area contributed by atoms with Crippen LogP contribution < -0.4 is 0 Å². The summed E-state index contributed by atoms with van der Waals surface area (Å²) in [7, 11) is 0.692. The molecule has 0 fully saturated rings. The van der Waals surface area contributed by atoms with E-state index in [9.17, 15) is 57.1 Å². The molecule has 0 N–H and O–H groups in total. The third-order valence-electron chi connectivity index (χ3n) is 4.95. The Morgan fingerprint density at radius 3 is 1.59 bits per heavy atom. The average Bonchev–Trinajstić information content (AvgIpc) is 2.66. The summed E-state index contributed by atoms with van der Waals surface area (Å²) in [6.45, 7) is 2.31. The van der Waals surface area contributed by atoms with Crippen molar-refractivity contribution in [1.29, 1.82) is 0 Å². The minimum atomic E-state index is -7.92. The summed E-state index contributed by atoms with van der Waals surface area (Å²) >= 11 is 0. The molecule has 1 rings (SSSR count). The highest BCUT2D eigenvalue weighted by molar-refractivity contribution is 5.29. The maximum atomic E-state index is 14.3. The van der Waals surface area contributed by atoms with E-state index in [1.165, 1.54) is 12.1 Å². The van der Waals surface area contributed by atoms with Crippen molar-refractivity contribution >= 4 is 0 Å². The van der Waals surface area contributed by atoms with Crippen molar-refractivity contribution in [1.82, 2.24) is 0 Å². The van der Waals surface area contributed by atoms with Gasteiger partial charge in [0.15, 0.2) is 0 Å². The molecule has 0 heterocycles. The van der Waals surface area contributed by atoms with Gasteiger partial charge in [-0.05, 0) is 24.5 Å². The number of alkyl halides is 13. The Kier molecular flexibility index (Phi) is 7.29. The minimum absolute atomic E-state index is 0.287. The van der Waals surface area contributed by atoms with Crippen LogP contribution in [0.2, 0.25) is 0 Å². The van der Waals surface area contributed by atoms with Crippen LogP contribution >= 0.6 is 0 Å². The van der Waals surface area contributed by atoms with E-state index in [0.29, 0.717) is 26.0 Å². The fourth-order valence-electron chi connectivity index (χ4n) is 2.75. The molecule has 186 valence electrons. The first kappa shape index (κ1) is 28.3. The van der Waals surface area contributed by atoms with Gasteiger partial charge < -0.3 is 4.74 Å². The molecule has 1 atom stereocenters. The zero-order chi connectivity index (χ0) is 25.6. The molecule has 1 aromatic carbocycles. The molecule has 32 heavy (non-hydrogen) atoms. The highest BCUT2D eigenvalue weighted by Crippen LogP contribution is 2.61. The first-order valence-electron chi connectivity index (χ1n) is 8.66. The molecule has 0 aliphatic heterocycles. The van der Waals surface area contributed by atoms with E-state index in [4.69, 9.17) is 4.74 Å². The second kappa shape index (κ2) is 8.24. The molecular formula is C18H17F13O. The molecule has 14 heteroatoms. The van der Waals surface area contributed by atoms with E-state index < -0.39 is 47.8 Å². The van der Waals surface area contributed by atoms with Gasteiger partial charge in [0.1, 0.15) is 0 Å². The molecule has 0 saturated carbocycles. The zero-order valence-electron chi connectivity index (χ0n) is 16.5. The molecule has 0 radical (unpaired) electrons. The molecule has 0 aromatic heterocycles. The molecule has 0 saturated heterocycles. The van der Waals surface area contributed by atoms with Crippen molar-refractivity contribution in [2.75, 3.05) is 7.11 Å². The number of rotatable bonds is 9. The molecular weight excluding hydrogens is 479 g/mol. The molecule has 0 spiro atoms. The minimum Gasteiger partial charge on any atom is -0.374 e. The van der Waals surface area contributed by atoms with E-state index >= 15 is 0 Å². The van der Waals surface area contributed by atoms with Crippen LogP contribution in [0.4, 0.5) is 57.1 Å². The maximum absolute atomic E-state index is 14.3. The van der Waals surface area contributed by atoms with Crippen molar-refractivity contribution < 1.29 is 61.8 Å². The summed E-state index contributed by atoms with van der Waals surface area (Å²) in [6, 6.07) is 4.94. The lowest BCUT2D eigenvalue weighted by atomic mass is 9.83. The number of aryl methyl sites for hydroxylation is 1. The second-order valence-corrected chi connectivity index (χ2v) is 7.17. The second-order valence-electron chi connectivity index (χ2n) is 7.17.